The van der Waals surface area contributed by atoms with Gasteiger partial charge in [-0.2, -0.15) is 10.2 Å². The molecule has 0 spiro atoms. The second-order valence-electron chi connectivity index (χ2n) is 4.72. The Morgan fingerprint density at radius 2 is 1.81 bits per heavy atom. The maximum absolute atomic E-state index is 4.28. The molecule has 0 bridgehead atoms. The number of hydrogen-bond acceptors (Lipinski definition) is 2. The number of nitrogens with zero attached hydrogens (tertiary/aromatic N) is 2. The zero-order valence-corrected chi connectivity index (χ0v) is 9.72. The zero-order chi connectivity index (χ0) is 11.4. The summed E-state index contributed by atoms with van der Waals surface area (Å²) in [5, 5.41) is 8.50. The van der Waals surface area contributed by atoms with Crippen molar-refractivity contribution in [1.29, 1.82) is 0 Å². The fourth-order valence-electron chi connectivity index (χ4n) is 1.69. The lowest BCUT2D eigenvalue weighted by molar-refractivity contribution is 0.466. The van der Waals surface area contributed by atoms with E-state index in [4.69, 9.17) is 0 Å². The van der Waals surface area contributed by atoms with Crippen molar-refractivity contribution in [2.75, 3.05) is 0 Å². The molecule has 2 rings (SSSR count). The summed E-state index contributed by atoms with van der Waals surface area (Å²) in [4.78, 5) is 0. The lowest BCUT2D eigenvalue weighted by Crippen LogP contribution is -2.10. The highest BCUT2D eigenvalue weighted by atomic mass is 15.1. The molecule has 0 atom stereocenters. The van der Waals surface area contributed by atoms with E-state index in [0.717, 1.165) is 17.8 Å². The van der Waals surface area contributed by atoms with Crippen LogP contribution in [0.2, 0.25) is 0 Å². The van der Waals surface area contributed by atoms with Gasteiger partial charge in [0.25, 0.3) is 0 Å². The normalized spacial score (nSPS) is 18.8. The van der Waals surface area contributed by atoms with Crippen molar-refractivity contribution in [2.24, 2.45) is 15.6 Å². The molecule has 0 N–H and O–H groups in total. The van der Waals surface area contributed by atoms with E-state index in [0.29, 0.717) is 0 Å². The molecule has 0 saturated heterocycles. The molecule has 1 aliphatic rings. The van der Waals surface area contributed by atoms with Gasteiger partial charge in [-0.1, -0.05) is 44.2 Å². The van der Waals surface area contributed by atoms with Crippen molar-refractivity contribution in [3.8, 4) is 0 Å². The van der Waals surface area contributed by atoms with Gasteiger partial charge in [0.1, 0.15) is 0 Å². The summed E-state index contributed by atoms with van der Waals surface area (Å²) in [6.45, 7) is 4.41. The first-order chi connectivity index (χ1) is 7.66. The minimum Gasteiger partial charge on any atom is -0.155 e. The fourth-order valence-corrected chi connectivity index (χ4v) is 1.69. The maximum atomic E-state index is 4.28. The van der Waals surface area contributed by atoms with Gasteiger partial charge in [0.05, 0.1) is 11.4 Å². The first-order valence-corrected chi connectivity index (χ1v) is 5.51. The van der Waals surface area contributed by atoms with Crippen LogP contribution < -0.4 is 0 Å². The summed E-state index contributed by atoms with van der Waals surface area (Å²) < 4.78 is 0. The molecule has 0 aromatic heterocycles. The Bertz CT molecular complexity index is 439. The molecule has 82 valence electrons. The van der Waals surface area contributed by atoms with Gasteiger partial charge in [-0.3, -0.25) is 0 Å². The van der Waals surface area contributed by atoms with Crippen molar-refractivity contribution in [1.82, 2.24) is 0 Å². The van der Waals surface area contributed by atoms with E-state index in [2.05, 4.69) is 36.2 Å². The minimum atomic E-state index is 0.194. The Morgan fingerprint density at radius 3 is 2.50 bits per heavy atom. The average Bonchev–Trinajstić information content (AvgIpc) is 2.27. The third-order valence-corrected chi connectivity index (χ3v) is 2.52. The molecule has 1 aromatic carbocycles. The SMILES string of the molecule is CC1(C)C=CC=C(N=Nc2ccccc2)C1. The van der Waals surface area contributed by atoms with E-state index in [1.807, 2.05) is 36.4 Å². The molecule has 0 saturated carbocycles. The number of azo groups is 1. The van der Waals surface area contributed by atoms with Crippen molar-refractivity contribution < 1.29 is 0 Å². The highest BCUT2D eigenvalue weighted by Crippen LogP contribution is 2.31. The second-order valence-corrected chi connectivity index (χ2v) is 4.72. The van der Waals surface area contributed by atoms with Crippen molar-refractivity contribution >= 4 is 5.69 Å². The van der Waals surface area contributed by atoms with Crippen LogP contribution in [0.3, 0.4) is 0 Å². The number of rotatable bonds is 2. The van der Waals surface area contributed by atoms with Crippen LogP contribution in [-0.4, -0.2) is 0 Å². The molecule has 0 aliphatic heterocycles. The molecule has 2 heteroatoms. The first kappa shape index (κ1) is 10.8. The average molecular weight is 212 g/mol. The van der Waals surface area contributed by atoms with Gasteiger partial charge >= 0.3 is 0 Å². The van der Waals surface area contributed by atoms with Crippen molar-refractivity contribution in [3.63, 3.8) is 0 Å². The van der Waals surface area contributed by atoms with E-state index in [-0.39, 0.29) is 5.41 Å². The Labute approximate surface area is 96.4 Å². The van der Waals surface area contributed by atoms with Gasteiger partial charge in [0, 0.05) is 6.42 Å². The van der Waals surface area contributed by atoms with Crippen LogP contribution in [0.5, 0.6) is 0 Å². The lowest BCUT2D eigenvalue weighted by atomic mass is 9.85. The van der Waals surface area contributed by atoms with Crippen LogP contribution in [0.1, 0.15) is 20.3 Å². The van der Waals surface area contributed by atoms with Gasteiger partial charge < -0.3 is 0 Å². The summed E-state index contributed by atoms with van der Waals surface area (Å²) >= 11 is 0. The summed E-state index contributed by atoms with van der Waals surface area (Å²) in [6.07, 6.45) is 7.23. The van der Waals surface area contributed by atoms with Crippen LogP contribution in [0.25, 0.3) is 0 Å². The van der Waals surface area contributed by atoms with Crippen molar-refractivity contribution in [3.05, 3.63) is 54.3 Å². The van der Waals surface area contributed by atoms with Crippen LogP contribution in [0.15, 0.2) is 64.5 Å². The van der Waals surface area contributed by atoms with E-state index >= 15 is 0 Å². The van der Waals surface area contributed by atoms with Gasteiger partial charge in [0.2, 0.25) is 0 Å². The third-order valence-electron chi connectivity index (χ3n) is 2.52. The maximum Gasteiger partial charge on any atom is 0.0856 e. The molecule has 0 heterocycles. The lowest BCUT2D eigenvalue weighted by Gasteiger charge is -2.22. The Hall–Kier alpha value is -1.70. The topological polar surface area (TPSA) is 24.7 Å². The molecule has 1 aliphatic carbocycles. The molecular formula is C14H16N2. The molecule has 2 nitrogen and oxygen atoms in total. The van der Waals surface area contributed by atoms with Gasteiger partial charge in [-0.05, 0) is 23.6 Å². The number of benzene rings is 1. The predicted molar refractivity (Wildman–Crippen MR) is 66.6 cm³/mol. The van der Waals surface area contributed by atoms with Gasteiger partial charge in [-0.15, -0.1) is 0 Å². The van der Waals surface area contributed by atoms with E-state index in [1.165, 1.54) is 0 Å². The van der Waals surface area contributed by atoms with Crippen LogP contribution >= 0.6 is 0 Å². The molecule has 0 fully saturated rings. The van der Waals surface area contributed by atoms with E-state index in [9.17, 15) is 0 Å². The highest BCUT2D eigenvalue weighted by molar-refractivity contribution is 5.35. The van der Waals surface area contributed by atoms with Gasteiger partial charge in [-0.25, -0.2) is 0 Å². The minimum absolute atomic E-state index is 0.194. The Balaban J connectivity index is 2.09. The zero-order valence-electron chi connectivity index (χ0n) is 9.72. The summed E-state index contributed by atoms with van der Waals surface area (Å²) in [5.41, 5.74) is 2.13. The number of allylic oxidation sites excluding steroid dienone is 4. The van der Waals surface area contributed by atoms with E-state index in [1.54, 1.807) is 0 Å². The molecule has 0 amide bonds. The van der Waals surface area contributed by atoms with Gasteiger partial charge in [0.15, 0.2) is 0 Å². The molecular weight excluding hydrogens is 196 g/mol. The van der Waals surface area contributed by atoms with E-state index < -0.39 is 0 Å². The quantitative estimate of drug-likeness (QED) is 0.638. The second kappa shape index (κ2) is 4.44. The summed E-state index contributed by atoms with van der Waals surface area (Å²) in [5.74, 6) is 0. The third kappa shape index (κ3) is 2.89. The molecule has 0 radical (unpaired) electrons. The van der Waals surface area contributed by atoms with Crippen LogP contribution in [-0.2, 0) is 0 Å². The Morgan fingerprint density at radius 1 is 1.06 bits per heavy atom. The monoisotopic (exact) mass is 212 g/mol. The summed E-state index contributed by atoms with van der Waals surface area (Å²) in [6, 6.07) is 9.81. The predicted octanol–water partition coefficient (Wildman–Crippen LogP) is 4.64. The molecule has 0 unspecified atom stereocenters. The molecule has 16 heavy (non-hydrogen) atoms. The Kier molecular flexibility index (Phi) is 3.00. The van der Waals surface area contributed by atoms with Crippen LogP contribution in [0, 0.1) is 5.41 Å². The number of hydrogen-bond donors (Lipinski definition) is 0. The largest absolute Gasteiger partial charge is 0.155 e. The molecule has 1 aromatic rings. The standard InChI is InChI=1S/C14H16N2/c1-14(2)10-6-9-13(11-14)16-15-12-7-4-3-5-8-12/h3-10H,11H2,1-2H3. The van der Waals surface area contributed by atoms with Crippen LogP contribution in [0.4, 0.5) is 5.69 Å². The first-order valence-electron chi connectivity index (χ1n) is 5.51. The fraction of sp³-hybridized carbons (Fsp3) is 0.286. The summed E-state index contributed by atoms with van der Waals surface area (Å²) in [7, 11) is 0. The smallest absolute Gasteiger partial charge is 0.0856 e. The van der Waals surface area contributed by atoms with Crippen molar-refractivity contribution in [2.45, 2.75) is 20.3 Å². The highest BCUT2D eigenvalue weighted by Gasteiger charge is 2.18.